The van der Waals surface area contributed by atoms with Crippen molar-refractivity contribution >= 4 is 16.9 Å². The molecule has 1 unspecified atom stereocenters. The predicted octanol–water partition coefficient (Wildman–Crippen LogP) is 4.25. The fraction of sp³-hybridized carbons (Fsp3) is 0.435. The Morgan fingerprint density at radius 2 is 2.09 bits per heavy atom. The molecule has 0 spiro atoms. The molecular weight excluding hydrogens is 425 g/mol. The van der Waals surface area contributed by atoms with Gasteiger partial charge >= 0.3 is 12.1 Å². The zero-order valence-electron chi connectivity index (χ0n) is 17.8. The van der Waals surface area contributed by atoms with Crippen molar-refractivity contribution in [3.63, 3.8) is 0 Å². The number of ether oxygens (including phenoxy) is 1. The lowest BCUT2D eigenvalue weighted by Crippen LogP contribution is -2.52. The lowest BCUT2D eigenvalue weighted by molar-refractivity contribution is -0.271. The first-order valence-corrected chi connectivity index (χ1v) is 10.3. The average molecular weight is 452 g/mol. The van der Waals surface area contributed by atoms with E-state index >= 15 is 0 Å². The van der Waals surface area contributed by atoms with E-state index in [0.29, 0.717) is 41.6 Å². The largest absolute Gasteiger partial charge is 0.494 e. The van der Waals surface area contributed by atoms with Gasteiger partial charge in [-0.2, -0.15) is 13.2 Å². The fourth-order valence-electron chi connectivity index (χ4n) is 3.89. The zero-order valence-corrected chi connectivity index (χ0v) is 17.8. The van der Waals surface area contributed by atoms with E-state index in [-0.39, 0.29) is 25.1 Å². The molecule has 3 N–H and O–H groups in total. The molecule has 0 radical (unpaired) electrons. The summed E-state index contributed by atoms with van der Waals surface area (Å²) in [5.41, 5.74) is -1.21. The second kappa shape index (κ2) is 9.38. The highest BCUT2D eigenvalue weighted by Crippen LogP contribution is 2.43. The molecule has 1 atom stereocenters. The van der Waals surface area contributed by atoms with Gasteiger partial charge in [-0.15, -0.1) is 0 Å². The number of rotatable bonds is 9. The van der Waals surface area contributed by atoms with Crippen LogP contribution in [0.4, 0.5) is 13.2 Å². The number of aryl methyl sites for hydroxylation is 1. The van der Waals surface area contributed by atoms with Gasteiger partial charge in [0.25, 0.3) is 0 Å². The maximum Gasteiger partial charge on any atom is 0.422 e. The summed E-state index contributed by atoms with van der Waals surface area (Å²) in [4.78, 5) is 15.0. The Balaban J connectivity index is 1.76. The van der Waals surface area contributed by atoms with Gasteiger partial charge in [0, 0.05) is 54.3 Å². The highest BCUT2D eigenvalue weighted by molar-refractivity contribution is 5.84. The smallest absolute Gasteiger partial charge is 0.422 e. The van der Waals surface area contributed by atoms with Crippen molar-refractivity contribution in [1.82, 2.24) is 9.88 Å². The number of alkyl halides is 3. The molecular formula is C23H27F3N2O4. The van der Waals surface area contributed by atoms with Gasteiger partial charge in [-0.05, 0) is 31.4 Å². The molecule has 0 aliphatic carbocycles. The van der Waals surface area contributed by atoms with Crippen LogP contribution >= 0.6 is 0 Å². The Hall–Kier alpha value is -2.78. The molecule has 6 nitrogen and oxygen atoms in total. The number of hydrogen-bond acceptors (Lipinski definition) is 4. The zero-order chi connectivity index (χ0) is 23.5. The number of carboxylic acids is 1. The van der Waals surface area contributed by atoms with Crippen molar-refractivity contribution in [3.05, 3.63) is 59.5 Å². The second-order valence-corrected chi connectivity index (χ2v) is 8.11. The normalized spacial score (nSPS) is 17.1. The first kappa shape index (κ1) is 23.9. The van der Waals surface area contributed by atoms with E-state index < -0.39 is 24.3 Å². The molecule has 0 saturated heterocycles. The van der Waals surface area contributed by atoms with Gasteiger partial charge in [-0.3, -0.25) is 9.69 Å². The Bertz CT molecular complexity index is 1030. The Labute approximate surface area is 184 Å². The first-order chi connectivity index (χ1) is 15.0. The number of hydrogen-bond donors (Lipinski definition) is 3. The monoisotopic (exact) mass is 452 g/mol. The van der Waals surface area contributed by atoms with Crippen LogP contribution in [0.5, 0.6) is 0 Å². The van der Waals surface area contributed by atoms with Gasteiger partial charge in [0.15, 0.2) is 0 Å². The Kier molecular flexibility index (Phi) is 7.00. The summed E-state index contributed by atoms with van der Waals surface area (Å²) in [6.07, 6.45) is -1.08. The molecule has 2 aromatic rings. The second-order valence-electron chi connectivity index (χ2n) is 8.11. The number of fused-ring (bicyclic) bond motifs is 1. The van der Waals surface area contributed by atoms with Crippen LogP contribution in [0, 0.1) is 6.92 Å². The third kappa shape index (κ3) is 5.16. The van der Waals surface area contributed by atoms with Crippen molar-refractivity contribution in [2.45, 2.75) is 38.0 Å². The van der Waals surface area contributed by atoms with Crippen LogP contribution < -0.4 is 0 Å². The number of carbonyl (C=O) groups is 1. The SMILES string of the molecule is C=C(OCCCC(=O)O)C1=CCCN(CC(O)(c2c[nH]c3cc(C)ccc23)C(F)(F)F)C1. The maximum atomic E-state index is 14.2. The molecule has 3 rings (SSSR count). The quantitative estimate of drug-likeness (QED) is 0.391. The number of nitrogens with zero attached hydrogens (tertiary/aromatic N) is 1. The van der Waals surface area contributed by atoms with E-state index in [0.717, 1.165) is 5.56 Å². The summed E-state index contributed by atoms with van der Waals surface area (Å²) in [6.45, 7) is 5.66. The van der Waals surface area contributed by atoms with Gasteiger partial charge in [0.05, 0.1) is 6.61 Å². The fourth-order valence-corrected chi connectivity index (χ4v) is 3.89. The van der Waals surface area contributed by atoms with E-state index in [1.165, 1.54) is 11.1 Å². The molecule has 0 amide bonds. The lowest BCUT2D eigenvalue weighted by Gasteiger charge is -2.37. The van der Waals surface area contributed by atoms with Crippen molar-refractivity contribution in [3.8, 4) is 0 Å². The number of nitrogens with one attached hydrogen (secondary N) is 1. The van der Waals surface area contributed by atoms with Crippen LogP contribution in [0.3, 0.4) is 0 Å². The molecule has 0 saturated carbocycles. The van der Waals surface area contributed by atoms with Crippen molar-refractivity contribution in [2.24, 2.45) is 0 Å². The van der Waals surface area contributed by atoms with E-state index in [9.17, 15) is 23.1 Å². The molecule has 2 heterocycles. The van der Waals surface area contributed by atoms with Crippen LogP contribution in [0.2, 0.25) is 0 Å². The predicted molar refractivity (Wildman–Crippen MR) is 114 cm³/mol. The van der Waals surface area contributed by atoms with Gasteiger partial charge < -0.3 is 19.9 Å². The summed E-state index contributed by atoms with van der Waals surface area (Å²) in [5, 5.41) is 20.0. The number of halogens is 3. The lowest BCUT2D eigenvalue weighted by atomic mass is 9.91. The number of aromatic amines is 1. The summed E-state index contributed by atoms with van der Waals surface area (Å²) in [6, 6.07) is 5.04. The van der Waals surface area contributed by atoms with Crippen molar-refractivity contribution in [1.29, 1.82) is 0 Å². The molecule has 1 aromatic carbocycles. The standard InChI is InChI=1S/C23H27F3N2O4/c1-15-7-8-18-19(12-27-20(18)11-15)22(31,23(24,25)26)14-28-9-3-5-17(13-28)16(2)32-10-4-6-21(29)30/h5,7-8,11-12,27,31H,2-4,6,9-10,13-14H2,1H3,(H,29,30). The van der Waals surface area contributed by atoms with Crippen LogP contribution in [0.15, 0.2) is 48.4 Å². The van der Waals surface area contributed by atoms with E-state index in [1.807, 2.05) is 13.0 Å². The topological polar surface area (TPSA) is 85.8 Å². The number of carboxylic acid groups (broad SMARTS) is 1. The molecule has 32 heavy (non-hydrogen) atoms. The summed E-state index contributed by atoms with van der Waals surface area (Å²) >= 11 is 0. The third-order valence-electron chi connectivity index (χ3n) is 5.60. The van der Waals surface area contributed by atoms with Crippen molar-refractivity contribution < 1.29 is 32.9 Å². The van der Waals surface area contributed by atoms with Crippen LogP contribution in [-0.2, 0) is 15.1 Å². The minimum absolute atomic E-state index is 0.0405. The molecule has 0 fully saturated rings. The molecule has 1 aromatic heterocycles. The highest BCUT2D eigenvalue weighted by atomic mass is 19.4. The highest BCUT2D eigenvalue weighted by Gasteiger charge is 2.56. The molecule has 174 valence electrons. The number of aliphatic carboxylic acids is 1. The molecule has 1 aliphatic rings. The first-order valence-electron chi connectivity index (χ1n) is 10.3. The Morgan fingerprint density at radius 1 is 1.34 bits per heavy atom. The minimum Gasteiger partial charge on any atom is -0.494 e. The van der Waals surface area contributed by atoms with Crippen LogP contribution in [-0.4, -0.2) is 58.5 Å². The minimum atomic E-state index is -4.89. The van der Waals surface area contributed by atoms with Crippen LogP contribution in [0.1, 0.15) is 30.4 Å². The average Bonchev–Trinajstić information content (AvgIpc) is 3.13. The number of benzene rings is 1. The van der Waals surface area contributed by atoms with Gasteiger partial charge in [-0.1, -0.05) is 24.8 Å². The number of β-amino-alcohol motifs (C(OH)–C–C–N with tert-alkyl or cyclic N) is 1. The summed E-state index contributed by atoms with van der Waals surface area (Å²) < 4.78 is 48.0. The van der Waals surface area contributed by atoms with E-state index in [2.05, 4.69) is 11.6 Å². The van der Waals surface area contributed by atoms with Crippen molar-refractivity contribution in [2.75, 3.05) is 26.2 Å². The third-order valence-corrected chi connectivity index (χ3v) is 5.60. The molecule has 0 bridgehead atoms. The van der Waals surface area contributed by atoms with E-state index in [4.69, 9.17) is 9.84 Å². The summed E-state index contributed by atoms with van der Waals surface area (Å²) in [7, 11) is 0. The van der Waals surface area contributed by atoms with Gasteiger partial charge in [0.2, 0.25) is 5.60 Å². The van der Waals surface area contributed by atoms with Crippen LogP contribution in [0.25, 0.3) is 10.9 Å². The number of aliphatic hydroxyl groups is 1. The van der Waals surface area contributed by atoms with Gasteiger partial charge in [-0.25, -0.2) is 0 Å². The number of H-pyrrole nitrogens is 1. The summed E-state index contributed by atoms with van der Waals surface area (Å²) in [5.74, 6) is -0.626. The molecule has 9 heteroatoms. The molecule has 1 aliphatic heterocycles. The number of aromatic nitrogens is 1. The maximum absolute atomic E-state index is 14.2. The van der Waals surface area contributed by atoms with E-state index in [1.54, 1.807) is 18.2 Å². The Morgan fingerprint density at radius 3 is 2.78 bits per heavy atom. The van der Waals surface area contributed by atoms with Gasteiger partial charge in [0.1, 0.15) is 5.76 Å².